The summed E-state index contributed by atoms with van der Waals surface area (Å²) in [7, 11) is 0. The molecule has 1 saturated carbocycles. The van der Waals surface area contributed by atoms with Crippen LogP contribution >= 0.6 is 0 Å². The Morgan fingerprint density at radius 3 is 2.85 bits per heavy atom. The molecule has 0 unspecified atom stereocenters. The van der Waals surface area contributed by atoms with E-state index in [1.165, 1.54) is 12.8 Å². The molecule has 6 nitrogen and oxygen atoms in total. The van der Waals surface area contributed by atoms with Gasteiger partial charge in [0.15, 0.2) is 5.65 Å². The summed E-state index contributed by atoms with van der Waals surface area (Å²) in [6.07, 6.45) is 5.53. The van der Waals surface area contributed by atoms with E-state index in [4.69, 9.17) is 4.74 Å². The number of amides is 1. The number of nitrogens with one attached hydrogen (secondary N) is 1. The van der Waals surface area contributed by atoms with Crippen LogP contribution in [0.25, 0.3) is 5.65 Å². The number of nitrogens with zero attached hydrogens (tertiary/aromatic N) is 3. The molecule has 0 radical (unpaired) electrons. The molecule has 0 atom stereocenters. The second-order valence-corrected chi connectivity index (χ2v) is 6.08. The lowest BCUT2D eigenvalue weighted by Crippen LogP contribution is -2.27. The van der Waals surface area contributed by atoms with E-state index in [2.05, 4.69) is 15.4 Å². The lowest BCUT2D eigenvalue weighted by molar-refractivity contribution is 0.0635. The first-order valence-corrected chi connectivity index (χ1v) is 6.77. The van der Waals surface area contributed by atoms with Crippen molar-refractivity contribution in [3.05, 3.63) is 24.0 Å². The molecule has 1 fully saturated rings. The van der Waals surface area contributed by atoms with Crippen molar-refractivity contribution < 1.29 is 9.53 Å². The molecule has 2 aromatic rings. The zero-order valence-corrected chi connectivity index (χ0v) is 11.9. The van der Waals surface area contributed by atoms with Gasteiger partial charge in [0.1, 0.15) is 11.4 Å². The molecular weight excluding hydrogens is 256 g/mol. The average molecular weight is 274 g/mol. The molecule has 1 aliphatic rings. The number of fused-ring (bicyclic) bond motifs is 1. The molecule has 0 spiro atoms. The summed E-state index contributed by atoms with van der Waals surface area (Å²) in [6.45, 7) is 5.47. The maximum atomic E-state index is 11.7. The number of rotatable bonds is 2. The minimum Gasteiger partial charge on any atom is -0.444 e. The highest BCUT2D eigenvalue weighted by Crippen LogP contribution is 2.41. The largest absolute Gasteiger partial charge is 0.444 e. The fourth-order valence-electron chi connectivity index (χ4n) is 2.05. The molecular formula is C14H18N4O2. The van der Waals surface area contributed by atoms with E-state index >= 15 is 0 Å². The van der Waals surface area contributed by atoms with E-state index in [0.29, 0.717) is 11.7 Å². The van der Waals surface area contributed by atoms with Gasteiger partial charge in [-0.25, -0.2) is 14.3 Å². The van der Waals surface area contributed by atoms with Gasteiger partial charge in [-0.05, 0) is 45.6 Å². The van der Waals surface area contributed by atoms with Crippen molar-refractivity contribution in [1.29, 1.82) is 0 Å². The van der Waals surface area contributed by atoms with Crippen molar-refractivity contribution >= 4 is 17.6 Å². The molecule has 0 saturated heterocycles. The Bertz CT molecular complexity index is 653. The van der Waals surface area contributed by atoms with E-state index in [1.807, 2.05) is 27.0 Å². The van der Waals surface area contributed by atoms with Crippen LogP contribution in [-0.4, -0.2) is 26.3 Å². The third kappa shape index (κ3) is 2.74. The molecule has 3 rings (SSSR count). The van der Waals surface area contributed by atoms with Gasteiger partial charge >= 0.3 is 6.09 Å². The van der Waals surface area contributed by atoms with E-state index in [1.54, 1.807) is 16.8 Å². The zero-order chi connectivity index (χ0) is 14.3. The Kier molecular flexibility index (Phi) is 2.88. The van der Waals surface area contributed by atoms with E-state index in [0.717, 1.165) is 11.2 Å². The lowest BCUT2D eigenvalue weighted by Gasteiger charge is -2.19. The molecule has 6 heteroatoms. The van der Waals surface area contributed by atoms with Gasteiger partial charge in [-0.3, -0.25) is 5.32 Å². The number of hydrogen-bond acceptors (Lipinski definition) is 4. The maximum Gasteiger partial charge on any atom is 0.413 e. The van der Waals surface area contributed by atoms with Gasteiger partial charge < -0.3 is 4.74 Å². The van der Waals surface area contributed by atoms with E-state index in [9.17, 15) is 4.79 Å². The summed E-state index contributed by atoms with van der Waals surface area (Å²) in [6, 6.07) is 1.71. The van der Waals surface area contributed by atoms with Gasteiger partial charge in [-0.2, -0.15) is 5.10 Å². The number of anilines is 1. The second kappa shape index (κ2) is 4.47. The van der Waals surface area contributed by atoms with Crippen molar-refractivity contribution in [1.82, 2.24) is 14.6 Å². The monoisotopic (exact) mass is 274 g/mol. The lowest BCUT2D eigenvalue weighted by atomic mass is 10.2. The number of carbonyl (C=O) groups excluding carboxylic acids is 1. The van der Waals surface area contributed by atoms with Gasteiger partial charge in [0.05, 0.1) is 6.20 Å². The van der Waals surface area contributed by atoms with E-state index in [-0.39, 0.29) is 0 Å². The molecule has 20 heavy (non-hydrogen) atoms. The van der Waals surface area contributed by atoms with Crippen molar-refractivity contribution in [3.8, 4) is 0 Å². The number of carbonyl (C=O) groups is 1. The van der Waals surface area contributed by atoms with Crippen molar-refractivity contribution in [2.24, 2.45) is 0 Å². The van der Waals surface area contributed by atoms with Crippen molar-refractivity contribution in [3.63, 3.8) is 0 Å². The summed E-state index contributed by atoms with van der Waals surface area (Å²) >= 11 is 0. The average Bonchev–Trinajstić information content (AvgIpc) is 3.07. The van der Waals surface area contributed by atoms with Gasteiger partial charge in [0, 0.05) is 11.8 Å². The maximum absolute atomic E-state index is 11.7. The fourth-order valence-corrected chi connectivity index (χ4v) is 2.05. The second-order valence-electron chi connectivity index (χ2n) is 6.08. The van der Waals surface area contributed by atoms with Gasteiger partial charge in [0.2, 0.25) is 0 Å². The predicted molar refractivity (Wildman–Crippen MR) is 74.8 cm³/mol. The normalized spacial score (nSPS) is 15.3. The Morgan fingerprint density at radius 1 is 1.45 bits per heavy atom. The van der Waals surface area contributed by atoms with Crippen molar-refractivity contribution in [2.75, 3.05) is 5.32 Å². The fraction of sp³-hybridized carbons (Fsp3) is 0.500. The summed E-state index contributed by atoms with van der Waals surface area (Å²) < 4.78 is 6.94. The Hall–Kier alpha value is -2.11. The Balaban J connectivity index is 1.81. The molecule has 1 N–H and O–H groups in total. The van der Waals surface area contributed by atoms with Gasteiger partial charge in [-0.1, -0.05) is 0 Å². The predicted octanol–water partition coefficient (Wildman–Crippen LogP) is 2.95. The molecule has 2 aromatic heterocycles. The van der Waals surface area contributed by atoms with Crippen LogP contribution in [0.1, 0.15) is 45.1 Å². The quantitative estimate of drug-likeness (QED) is 0.914. The van der Waals surface area contributed by atoms with Crippen LogP contribution in [0, 0.1) is 0 Å². The first kappa shape index (κ1) is 12.9. The highest BCUT2D eigenvalue weighted by molar-refractivity contribution is 5.83. The molecule has 0 aliphatic heterocycles. The first-order chi connectivity index (χ1) is 9.42. The van der Waals surface area contributed by atoms with Crippen LogP contribution < -0.4 is 5.32 Å². The number of hydrogen-bond donors (Lipinski definition) is 1. The zero-order valence-electron chi connectivity index (χ0n) is 11.9. The van der Waals surface area contributed by atoms with E-state index < -0.39 is 11.7 Å². The van der Waals surface area contributed by atoms with Gasteiger partial charge in [0.25, 0.3) is 0 Å². The Morgan fingerprint density at radius 2 is 2.20 bits per heavy atom. The smallest absolute Gasteiger partial charge is 0.413 e. The molecule has 0 aromatic carbocycles. The van der Waals surface area contributed by atoms with Crippen LogP contribution in [0.4, 0.5) is 10.6 Å². The van der Waals surface area contributed by atoms with Crippen LogP contribution in [0.3, 0.4) is 0 Å². The minimum atomic E-state index is -0.524. The summed E-state index contributed by atoms with van der Waals surface area (Å²) in [5.41, 5.74) is 1.43. The third-order valence-electron chi connectivity index (χ3n) is 3.04. The molecule has 1 aliphatic carbocycles. The van der Waals surface area contributed by atoms with Crippen LogP contribution in [0.15, 0.2) is 18.5 Å². The van der Waals surface area contributed by atoms with Crippen LogP contribution in [-0.2, 0) is 4.74 Å². The number of aromatic nitrogens is 3. The molecule has 1 amide bonds. The summed E-state index contributed by atoms with van der Waals surface area (Å²) in [4.78, 5) is 16.2. The number of ether oxygens (including phenoxy) is 1. The Labute approximate surface area is 117 Å². The van der Waals surface area contributed by atoms with Gasteiger partial charge in [-0.15, -0.1) is 0 Å². The standard InChI is InChI=1S/C14H18N4O2/c1-14(2,3)20-13(19)17-11-6-7-18-12(16-11)10(8-15-18)9-4-5-9/h6-9H,4-5H2,1-3H3,(H,16,17,19). The molecule has 0 bridgehead atoms. The highest BCUT2D eigenvalue weighted by Gasteiger charge is 2.27. The minimum absolute atomic E-state index is 0.481. The van der Waals surface area contributed by atoms with Crippen LogP contribution in [0.2, 0.25) is 0 Å². The molecule has 106 valence electrons. The van der Waals surface area contributed by atoms with Crippen LogP contribution in [0.5, 0.6) is 0 Å². The SMILES string of the molecule is CC(C)(C)OC(=O)Nc1ccn2ncc(C3CC3)c2n1. The van der Waals surface area contributed by atoms with Crippen molar-refractivity contribution in [2.45, 2.75) is 45.1 Å². The third-order valence-corrected chi connectivity index (χ3v) is 3.04. The summed E-state index contributed by atoms with van der Waals surface area (Å²) in [5.74, 6) is 1.05. The summed E-state index contributed by atoms with van der Waals surface area (Å²) in [5, 5.41) is 6.92. The topological polar surface area (TPSA) is 68.5 Å². The first-order valence-electron chi connectivity index (χ1n) is 6.77. The molecule has 2 heterocycles. The highest BCUT2D eigenvalue weighted by atomic mass is 16.6.